The van der Waals surface area contributed by atoms with E-state index in [9.17, 15) is 13.5 Å². The van der Waals surface area contributed by atoms with E-state index < -0.39 is 15.6 Å². The van der Waals surface area contributed by atoms with Crippen LogP contribution in [-0.4, -0.2) is 37.7 Å². The van der Waals surface area contributed by atoms with Crippen molar-refractivity contribution in [3.05, 3.63) is 22.7 Å². The summed E-state index contributed by atoms with van der Waals surface area (Å²) >= 11 is 4.66. The topological polar surface area (TPSA) is 92.4 Å². The fourth-order valence-corrected chi connectivity index (χ4v) is 3.83. The highest BCUT2D eigenvalue weighted by Gasteiger charge is 2.24. The van der Waals surface area contributed by atoms with E-state index in [1.807, 2.05) is 6.26 Å². The largest absolute Gasteiger partial charge is 0.398 e. The Morgan fingerprint density at radius 2 is 2.16 bits per heavy atom. The van der Waals surface area contributed by atoms with Crippen molar-refractivity contribution in [2.45, 2.75) is 17.4 Å². The zero-order valence-electron chi connectivity index (χ0n) is 10.7. The Labute approximate surface area is 126 Å². The van der Waals surface area contributed by atoms with Gasteiger partial charge in [0.2, 0.25) is 10.0 Å². The first-order chi connectivity index (χ1) is 8.68. The molecule has 0 heterocycles. The van der Waals surface area contributed by atoms with Crippen LogP contribution in [-0.2, 0) is 10.0 Å². The predicted octanol–water partition coefficient (Wildman–Crippen LogP) is 1.42. The van der Waals surface area contributed by atoms with Gasteiger partial charge in [0.1, 0.15) is 4.90 Å². The number of benzene rings is 1. The van der Waals surface area contributed by atoms with Gasteiger partial charge in [0, 0.05) is 16.8 Å². The molecule has 1 unspecified atom stereocenters. The number of hydrogen-bond donors (Lipinski definition) is 3. The Balaban J connectivity index is 2.87. The lowest BCUT2D eigenvalue weighted by Gasteiger charge is -2.22. The molecule has 8 heteroatoms. The number of nitrogens with two attached hydrogens (primary N) is 1. The highest BCUT2D eigenvalue weighted by molar-refractivity contribution is 9.10. The fourth-order valence-electron chi connectivity index (χ4n) is 1.45. The van der Waals surface area contributed by atoms with Crippen LogP contribution in [0.3, 0.4) is 0 Å². The summed E-state index contributed by atoms with van der Waals surface area (Å²) in [6.45, 7) is 1.52. The maximum absolute atomic E-state index is 12.1. The maximum atomic E-state index is 12.1. The second kappa shape index (κ2) is 6.45. The van der Waals surface area contributed by atoms with Gasteiger partial charge in [0.05, 0.1) is 11.3 Å². The Morgan fingerprint density at radius 1 is 1.53 bits per heavy atom. The molecule has 0 radical (unpaired) electrons. The van der Waals surface area contributed by atoms with Gasteiger partial charge in [-0.1, -0.05) is 15.9 Å². The second-order valence-electron chi connectivity index (χ2n) is 4.44. The summed E-state index contributed by atoms with van der Waals surface area (Å²) in [7, 11) is -3.72. The van der Waals surface area contributed by atoms with Crippen molar-refractivity contribution in [3.8, 4) is 0 Å². The first kappa shape index (κ1) is 16.8. The number of anilines is 1. The van der Waals surface area contributed by atoms with Gasteiger partial charge in [-0.05, 0) is 31.4 Å². The zero-order chi connectivity index (χ0) is 14.7. The smallest absolute Gasteiger partial charge is 0.242 e. The number of rotatable bonds is 6. The van der Waals surface area contributed by atoms with Gasteiger partial charge in [0.15, 0.2) is 0 Å². The van der Waals surface area contributed by atoms with Crippen LogP contribution in [0.5, 0.6) is 0 Å². The molecule has 1 rings (SSSR count). The summed E-state index contributed by atoms with van der Waals surface area (Å²) in [5.41, 5.74) is 4.75. The molecule has 0 aromatic heterocycles. The average Bonchev–Trinajstić information content (AvgIpc) is 2.26. The number of aliphatic hydroxyl groups is 1. The Bertz CT molecular complexity index is 547. The van der Waals surface area contributed by atoms with Crippen molar-refractivity contribution < 1.29 is 13.5 Å². The summed E-state index contributed by atoms with van der Waals surface area (Å²) in [4.78, 5) is 0.00986. The van der Waals surface area contributed by atoms with Crippen LogP contribution in [0.15, 0.2) is 27.6 Å². The third-order valence-corrected chi connectivity index (χ3v) is 5.24. The zero-order valence-corrected chi connectivity index (χ0v) is 13.9. The molecule has 108 valence electrons. The first-order valence-corrected chi connectivity index (χ1v) is 9.11. The van der Waals surface area contributed by atoms with E-state index in [-0.39, 0.29) is 17.1 Å². The van der Waals surface area contributed by atoms with Crippen molar-refractivity contribution in [1.29, 1.82) is 0 Å². The van der Waals surface area contributed by atoms with Crippen LogP contribution < -0.4 is 10.5 Å². The highest BCUT2D eigenvalue weighted by Crippen LogP contribution is 2.23. The van der Waals surface area contributed by atoms with E-state index >= 15 is 0 Å². The van der Waals surface area contributed by atoms with Crippen molar-refractivity contribution in [2.75, 3.05) is 24.3 Å². The summed E-state index contributed by atoms with van der Waals surface area (Å²) in [5, 5.41) is 9.95. The van der Waals surface area contributed by atoms with Gasteiger partial charge in [-0.2, -0.15) is 11.8 Å². The van der Waals surface area contributed by atoms with Crippen LogP contribution in [0.1, 0.15) is 6.92 Å². The van der Waals surface area contributed by atoms with Crippen molar-refractivity contribution in [2.24, 2.45) is 0 Å². The number of nitrogens with one attached hydrogen (secondary N) is 1. The Kier molecular flexibility index (Phi) is 5.69. The number of sulfonamides is 1. The molecule has 0 fully saturated rings. The predicted molar refractivity (Wildman–Crippen MR) is 82.7 cm³/mol. The second-order valence-corrected chi connectivity index (χ2v) is 7.95. The van der Waals surface area contributed by atoms with Crippen molar-refractivity contribution >= 4 is 43.4 Å². The number of halogens is 1. The molecule has 0 aliphatic carbocycles. The molecule has 1 aromatic rings. The molecule has 0 aliphatic heterocycles. The average molecular weight is 369 g/mol. The number of nitrogen functional groups attached to an aromatic ring is 1. The lowest BCUT2D eigenvalue weighted by molar-refractivity contribution is 0.0908. The lowest BCUT2D eigenvalue weighted by atomic mass is 10.1. The number of thioether (sulfide) groups is 1. The summed E-state index contributed by atoms with van der Waals surface area (Å²) in [6, 6.07) is 4.55. The summed E-state index contributed by atoms with van der Waals surface area (Å²) < 4.78 is 27.3. The van der Waals surface area contributed by atoms with E-state index in [4.69, 9.17) is 5.73 Å². The van der Waals surface area contributed by atoms with E-state index in [1.54, 1.807) is 13.0 Å². The Morgan fingerprint density at radius 3 is 2.68 bits per heavy atom. The SMILES string of the molecule is CSCC(C)(O)CNS(=O)(=O)c1ccc(Br)cc1N. The monoisotopic (exact) mass is 368 g/mol. The van der Waals surface area contributed by atoms with Crippen LogP contribution in [0.25, 0.3) is 0 Å². The van der Waals surface area contributed by atoms with E-state index in [0.717, 1.165) is 0 Å². The molecular weight excluding hydrogens is 352 g/mol. The highest BCUT2D eigenvalue weighted by atomic mass is 79.9. The molecule has 5 nitrogen and oxygen atoms in total. The van der Waals surface area contributed by atoms with Crippen LogP contribution in [0.4, 0.5) is 5.69 Å². The maximum Gasteiger partial charge on any atom is 0.242 e. The molecule has 0 spiro atoms. The minimum Gasteiger partial charge on any atom is -0.398 e. The fraction of sp³-hybridized carbons (Fsp3) is 0.455. The van der Waals surface area contributed by atoms with Gasteiger partial charge in [0.25, 0.3) is 0 Å². The molecule has 0 bridgehead atoms. The molecule has 4 N–H and O–H groups in total. The normalized spacial score (nSPS) is 15.2. The molecule has 0 saturated carbocycles. The van der Waals surface area contributed by atoms with Crippen LogP contribution >= 0.6 is 27.7 Å². The van der Waals surface area contributed by atoms with Gasteiger partial charge in [-0.15, -0.1) is 0 Å². The standard InChI is InChI=1S/C11H17BrN2O3S2/c1-11(15,7-18-2)6-14-19(16,17)10-4-3-8(12)5-9(10)13/h3-5,14-15H,6-7,13H2,1-2H3. The summed E-state index contributed by atoms with van der Waals surface area (Å²) in [6.07, 6.45) is 1.84. The number of hydrogen-bond acceptors (Lipinski definition) is 5. The quantitative estimate of drug-likeness (QED) is 0.660. The third-order valence-electron chi connectivity index (χ3n) is 2.36. The lowest BCUT2D eigenvalue weighted by Crippen LogP contribution is -2.42. The van der Waals surface area contributed by atoms with Crippen molar-refractivity contribution in [1.82, 2.24) is 4.72 Å². The molecule has 0 aliphatic rings. The van der Waals surface area contributed by atoms with Crippen LogP contribution in [0.2, 0.25) is 0 Å². The van der Waals surface area contributed by atoms with E-state index in [2.05, 4.69) is 20.7 Å². The Hall–Kier alpha value is -0.280. The van der Waals surface area contributed by atoms with Crippen LogP contribution in [0, 0.1) is 0 Å². The molecule has 0 amide bonds. The van der Waals surface area contributed by atoms with E-state index in [0.29, 0.717) is 10.2 Å². The first-order valence-electron chi connectivity index (χ1n) is 5.44. The van der Waals surface area contributed by atoms with Gasteiger partial charge >= 0.3 is 0 Å². The van der Waals surface area contributed by atoms with Gasteiger partial charge < -0.3 is 10.8 Å². The molecular formula is C11H17BrN2O3S2. The van der Waals surface area contributed by atoms with Gasteiger partial charge in [-0.3, -0.25) is 0 Å². The molecule has 1 aromatic carbocycles. The van der Waals surface area contributed by atoms with Crippen molar-refractivity contribution in [3.63, 3.8) is 0 Å². The minimum absolute atomic E-state index is 0.00986. The van der Waals surface area contributed by atoms with E-state index in [1.165, 1.54) is 23.9 Å². The molecule has 19 heavy (non-hydrogen) atoms. The minimum atomic E-state index is -3.72. The molecule has 0 saturated heterocycles. The molecule has 1 atom stereocenters. The third kappa shape index (κ3) is 4.96. The summed E-state index contributed by atoms with van der Waals surface area (Å²) in [5.74, 6) is 0.436. The van der Waals surface area contributed by atoms with Gasteiger partial charge in [-0.25, -0.2) is 13.1 Å².